The number of hydrogen-bond acceptors (Lipinski definition) is 4. The van der Waals surface area contributed by atoms with Crippen molar-refractivity contribution in [2.24, 2.45) is 5.73 Å². The fraction of sp³-hybridized carbons (Fsp3) is 0.133. The van der Waals surface area contributed by atoms with Crippen molar-refractivity contribution in [3.8, 4) is 11.5 Å². The molecule has 0 spiro atoms. The SMILES string of the molecule is COc1ccc(N)c(OCc2ccc(C(N)=O)cc2Cl)c1. The van der Waals surface area contributed by atoms with Gasteiger partial charge in [-0.3, -0.25) is 4.79 Å². The minimum absolute atomic E-state index is 0.218. The molecule has 0 bridgehead atoms. The molecule has 0 aliphatic heterocycles. The van der Waals surface area contributed by atoms with E-state index in [1.54, 1.807) is 37.4 Å². The lowest BCUT2D eigenvalue weighted by molar-refractivity contribution is 0.1000. The molecule has 2 rings (SSSR count). The maximum absolute atomic E-state index is 11.1. The van der Waals surface area contributed by atoms with Gasteiger partial charge in [0.1, 0.15) is 18.1 Å². The molecule has 5 nitrogen and oxygen atoms in total. The third-order valence-electron chi connectivity index (χ3n) is 2.94. The van der Waals surface area contributed by atoms with Gasteiger partial charge in [-0.15, -0.1) is 0 Å². The van der Waals surface area contributed by atoms with E-state index in [0.717, 1.165) is 5.56 Å². The summed E-state index contributed by atoms with van der Waals surface area (Å²) >= 11 is 6.09. The molecule has 0 aliphatic carbocycles. The molecule has 0 fully saturated rings. The Hall–Kier alpha value is -2.40. The van der Waals surface area contributed by atoms with Crippen molar-refractivity contribution in [1.82, 2.24) is 0 Å². The van der Waals surface area contributed by atoms with Crippen LogP contribution in [0.25, 0.3) is 0 Å². The highest BCUT2D eigenvalue weighted by Gasteiger charge is 2.08. The first kappa shape index (κ1) is 15.0. The number of carbonyl (C=O) groups excluding carboxylic acids is 1. The highest BCUT2D eigenvalue weighted by molar-refractivity contribution is 6.31. The largest absolute Gasteiger partial charge is 0.497 e. The third-order valence-corrected chi connectivity index (χ3v) is 3.29. The molecule has 0 unspecified atom stereocenters. The van der Waals surface area contributed by atoms with E-state index in [9.17, 15) is 4.79 Å². The van der Waals surface area contributed by atoms with E-state index >= 15 is 0 Å². The van der Waals surface area contributed by atoms with Gasteiger partial charge in [0, 0.05) is 22.2 Å². The summed E-state index contributed by atoms with van der Waals surface area (Å²) in [4.78, 5) is 11.1. The van der Waals surface area contributed by atoms with Crippen molar-refractivity contribution >= 4 is 23.2 Å². The summed E-state index contributed by atoms with van der Waals surface area (Å²) in [6.45, 7) is 0.218. The fourth-order valence-electron chi connectivity index (χ4n) is 1.74. The Labute approximate surface area is 127 Å². The second-order valence-electron chi connectivity index (χ2n) is 4.36. The Morgan fingerprint density at radius 2 is 2.00 bits per heavy atom. The minimum Gasteiger partial charge on any atom is -0.497 e. The van der Waals surface area contributed by atoms with Gasteiger partial charge in [0.2, 0.25) is 5.91 Å². The number of benzene rings is 2. The van der Waals surface area contributed by atoms with Gasteiger partial charge in [-0.2, -0.15) is 0 Å². The zero-order valence-electron chi connectivity index (χ0n) is 11.4. The van der Waals surface area contributed by atoms with E-state index in [4.69, 9.17) is 32.5 Å². The number of ether oxygens (including phenoxy) is 2. The van der Waals surface area contributed by atoms with Crippen molar-refractivity contribution < 1.29 is 14.3 Å². The fourth-order valence-corrected chi connectivity index (χ4v) is 1.97. The number of amides is 1. The number of rotatable bonds is 5. The summed E-state index contributed by atoms with van der Waals surface area (Å²) in [5, 5.41) is 0.410. The van der Waals surface area contributed by atoms with E-state index in [1.807, 2.05) is 0 Å². The van der Waals surface area contributed by atoms with Gasteiger partial charge in [-0.25, -0.2) is 0 Å². The molecule has 110 valence electrons. The molecule has 6 heteroatoms. The first-order valence-corrected chi connectivity index (χ1v) is 6.53. The Morgan fingerprint density at radius 1 is 1.24 bits per heavy atom. The first-order chi connectivity index (χ1) is 10.0. The van der Waals surface area contributed by atoms with Crippen LogP contribution in [-0.4, -0.2) is 13.0 Å². The summed E-state index contributed by atoms with van der Waals surface area (Å²) in [7, 11) is 1.56. The Bertz CT molecular complexity index is 674. The third kappa shape index (κ3) is 3.58. The van der Waals surface area contributed by atoms with Crippen LogP contribution < -0.4 is 20.9 Å². The molecule has 0 aliphatic rings. The van der Waals surface area contributed by atoms with Gasteiger partial charge in [0.25, 0.3) is 0 Å². The van der Waals surface area contributed by atoms with Crippen LogP contribution in [0, 0.1) is 0 Å². The molecule has 0 saturated heterocycles. The maximum Gasteiger partial charge on any atom is 0.248 e. The number of anilines is 1. The Morgan fingerprint density at radius 3 is 2.62 bits per heavy atom. The summed E-state index contributed by atoms with van der Waals surface area (Å²) in [6, 6.07) is 9.95. The summed E-state index contributed by atoms with van der Waals surface area (Å²) < 4.78 is 10.8. The summed E-state index contributed by atoms with van der Waals surface area (Å²) in [5.74, 6) is 0.625. The molecule has 0 radical (unpaired) electrons. The zero-order valence-corrected chi connectivity index (χ0v) is 12.2. The number of halogens is 1. The molecular weight excluding hydrogens is 292 g/mol. The van der Waals surface area contributed by atoms with E-state index in [0.29, 0.717) is 27.8 Å². The van der Waals surface area contributed by atoms with Gasteiger partial charge in [0.15, 0.2) is 0 Å². The molecule has 0 heterocycles. The summed E-state index contributed by atoms with van der Waals surface area (Å²) in [6.07, 6.45) is 0. The van der Waals surface area contributed by atoms with Gasteiger partial charge < -0.3 is 20.9 Å². The predicted octanol–water partition coefficient (Wildman–Crippen LogP) is 2.61. The molecule has 0 saturated carbocycles. The van der Waals surface area contributed by atoms with Gasteiger partial charge >= 0.3 is 0 Å². The topological polar surface area (TPSA) is 87.6 Å². The lowest BCUT2D eigenvalue weighted by atomic mass is 10.1. The second-order valence-corrected chi connectivity index (χ2v) is 4.77. The minimum atomic E-state index is -0.526. The molecule has 2 aromatic carbocycles. The molecule has 1 amide bonds. The monoisotopic (exact) mass is 306 g/mol. The van der Waals surface area contributed by atoms with Gasteiger partial charge in [-0.05, 0) is 24.3 Å². The van der Waals surface area contributed by atoms with E-state index in [-0.39, 0.29) is 6.61 Å². The van der Waals surface area contributed by atoms with Crippen LogP contribution in [-0.2, 0) is 6.61 Å². The first-order valence-electron chi connectivity index (χ1n) is 6.16. The van der Waals surface area contributed by atoms with Gasteiger partial charge in [0.05, 0.1) is 12.8 Å². The Kier molecular flexibility index (Phi) is 4.55. The number of primary amides is 1. The normalized spacial score (nSPS) is 10.2. The predicted molar refractivity (Wildman–Crippen MR) is 81.7 cm³/mol. The van der Waals surface area contributed by atoms with Crippen molar-refractivity contribution in [2.45, 2.75) is 6.61 Å². The number of hydrogen-bond donors (Lipinski definition) is 2. The van der Waals surface area contributed by atoms with Crippen molar-refractivity contribution in [3.05, 3.63) is 52.5 Å². The van der Waals surface area contributed by atoms with Crippen molar-refractivity contribution in [1.29, 1.82) is 0 Å². The number of carbonyl (C=O) groups is 1. The average molecular weight is 307 g/mol. The smallest absolute Gasteiger partial charge is 0.248 e. The average Bonchev–Trinajstić information content (AvgIpc) is 2.47. The van der Waals surface area contributed by atoms with Crippen LogP contribution in [0.2, 0.25) is 5.02 Å². The molecule has 4 N–H and O–H groups in total. The highest BCUT2D eigenvalue weighted by Crippen LogP contribution is 2.28. The highest BCUT2D eigenvalue weighted by atomic mass is 35.5. The van der Waals surface area contributed by atoms with Crippen LogP contribution in [0.3, 0.4) is 0 Å². The van der Waals surface area contributed by atoms with Crippen LogP contribution >= 0.6 is 11.6 Å². The lowest BCUT2D eigenvalue weighted by Gasteiger charge is -2.11. The Balaban J connectivity index is 2.15. The lowest BCUT2D eigenvalue weighted by Crippen LogP contribution is -2.11. The molecular formula is C15H15ClN2O3. The van der Waals surface area contributed by atoms with E-state index < -0.39 is 5.91 Å². The number of methoxy groups -OCH3 is 1. The summed E-state index contributed by atoms with van der Waals surface area (Å²) in [5.41, 5.74) is 12.6. The molecule has 0 aromatic heterocycles. The number of nitrogen functional groups attached to an aromatic ring is 1. The zero-order chi connectivity index (χ0) is 15.4. The molecule has 2 aromatic rings. The van der Waals surface area contributed by atoms with Crippen molar-refractivity contribution in [3.63, 3.8) is 0 Å². The van der Waals surface area contributed by atoms with E-state index in [2.05, 4.69) is 0 Å². The molecule has 0 atom stereocenters. The van der Waals surface area contributed by atoms with Gasteiger partial charge in [-0.1, -0.05) is 17.7 Å². The van der Waals surface area contributed by atoms with Crippen LogP contribution in [0.5, 0.6) is 11.5 Å². The van der Waals surface area contributed by atoms with Crippen LogP contribution in [0.15, 0.2) is 36.4 Å². The van der Waals surface area contributed by atoms with Crippen LogP contribution in [0.4, 0.5) is 5.69 Å². The van der Waals surface area contributed by atoms with Crippen molar-refractivity contribution in [2.75, 3.05) is 12.8 Å². The quantitative estimate of drug-likeness (QED) is 0.831. The maximum atomic E-state index is 11.1. The standard InChI is InChI=1S/C15H15ClN2O3/c1-20-11-4-5-13(17)14(7-11)21-8-10-3-2-9(15(18)19)6-12(10)16/h2-7H,8,17H2,1H3,(H2,18,19). The number of nitrogens with two attached hydrogens (primary N) is 2. The second kappa shape index (κ2) is 6.37. The molecule has 21 heavy (non-hydrogen) atoms. The van der Waals surface area contributed by atoms with Crippen LogP contribution in [0.1, 0.15) is 15.9 Å². The van der Waals surface area contributed by atoms with E-state index in [1.165, 1.54) is 6.07 Å².